The highest BCUT2D eigenvalue weighted by Crippen LogP contribution is 2.22. The Kier molecular flexibility index (Phi) is 5.19. The van der Waals surface area contributed by atoms with Gasteiger partial charge in [0.1, 0.15) is 5.82 Å². The van der Waals surface area contributed by atoms with Crippen LogP contribution in [0.4, 0.5) is 5.69 Å². The molecule has 0 aliphatic carbocycles. The van der Waals surface area contributed by atoms with Crippen LogP contribution in [-0.4, -0.2) is 15.5 Å². The predicted molar refractivity (Wildman–Crippen MR) is 125 cm³/mol. The van der Waals surface area contributed by atoms with E-state index in [-0.39, 0.29) is 16.9 Å². The van der Waals surface area contributed by atoms with Crippen molar-refractivity contribution >= 4 is 22.5 Å². The second-order valence-electron chi connectivity index (χ2n) is 8.65. The Morgan fingerprint density at radius 1 is 0.903 bits per heavy atom. The van der Waals surface area contributed by atoms with Gasteiger partial charge in [-0.15, -0.1) is 0 Å². The first-order valence-corrected chi connectivity index (χ1v) is 10.2. The summed E-state index contributed by atoms with van der Waals surface area (Å²) in [5.74, 6) is 0.438. The number of nitrogens with one attached hydrogen (secondary N) is 1. The molecule has 5 heteroatoms. The van der Waals surface area contributed by atoms with Crippen LogP contribution in [0.2, 0.25) is 0 Å². The van der Waals surface area contributed by atoms with Crippen LogP contribution in [0.3, 0.4) is 0 Å². The van der Waals surface area contributed by atoms with Gasteiger partial charge in [0, 0.05) is 11.3 Å². The van der Waals surface area contributed by atoms with Crippen LogP contribution >= 0.6 is 0 Å². The maximum absolute atomic E-state index is 12.9. The van der Waals surface area contributed by atoms with E-state index in [9.17, 15) is 9.59 Å². The molecule has 0 unspecified atom stereocenters. The number of carbonyl (C=O) groups is 1. The molecule has 1 aromatic heterocycles. The average Bonchev–Trinajstić information content (AvgIpc) is 2.74. The molecule has 4 aromatic rings. The molecule has 1 amide bonds. The highest BCUT2D eigenvalue weighted by Gasteiger charge is 2.15. The molecule has 0 spiro atoms. The zero-order valence-corrected chi connectivity index (χ0v) is 18.1. The molecule has 3 aromatic carbocycles. The molecular weight excluding hydrogens is 386 g/mol. The first-order valence-electron chi connectivity index (χ1n) is 10.2. The third-order valence-electron chi connectivity index (χ3n) is 5.34. The van der Waals surface area contributed by atoms with Crippen LogP contribution < -0.4 is 10.9 Å². The van der Waals surface area contributed by atoms with Gasteiger partial charge >= 0.3 is 0 Å². The number of carbonyl (C=O) groups excluding carboxylic acids is 1. The lowest BCUT2D eigenvalue weighted by atomic mass is 9.87. The predicted octanol–water partition coefficient (Wildman–Crippen LogP) is 5.24. The SMILES string of the molecule is Cc1nc2ccccc2c(=O)n1-c1ccc(NC(=O)c2ccc(C(C)(C)C)cc2)cc1. The Bertz CT molecular complexity index is 1310. The minimum absolute atomic E-state index is 0.0403. The van der Waals surface area contributed by atoms with Crippen LogP contribution in [0.25, 0.3) is 16.6 Å². The fourth-order valence-corrected chi connectivity index (χ4v) is 3.57. The molecule has 4 rings (SSSR count). The van der Waals surface area contributed by atoms with Gasteiger partial charge in [0.05, 0.1) is 16.6 Å². The van der Waals surface area contributed by atoms with Crippen molar-refractivity contribution in [2.45, 2.75) is 33.1 Å². The summed E-state index contributed by atoms with van der Waals surface area (Å²) in [4.78, 5) is 30.1. The summed E-state index contributed by atoms with van der Waals surface area (Å²) in [7, 11) is 0. The first kappa shape index (κ1) is 20.5. The Morgan fingerprint density at radius 3 is 2.19 bits per heavy atom. The molecule has 0 atom stereocenters. The average molecular weight is 412 g/mol. The van der Waals surface area contributed by atoms with Crippen LogP contribution in [0.5, 0.6) is 0 Å². The van der Waals surface area contributed by atoms with Gasteiger partial charge in [0.2, 0.25) is 0 Å². The zero-order valence-electron chi connectivity index (χ0n) is 18.1. The quantitative estimate of drug-likeness (QED) is 0.501. The summed E-state index contributed by atoms with van der Waals surface area (Å²) < 4.78 is 1.58. The van der Waals surface area contributed by atoms with Crippen molar-refractivity contribution in [3.8, 4) is 5.69 Å². The smallest absolute Gasteiger partial charge is 0.265 e. The highest BCUT2D eigenvalue weighted by atomic mass is 16.1. The maximum Gasteiger partial charge on any atom is 0.265 e. The van der Waals surface area contributed by atoms with Gasteiger partial charge < -0.3 is 5.32 Å². The number of para-hydroxylation sites is 1. The van der Waals surface area contributed by atoms with E-state index in [1.807, 2.05) is 61.5 Å². The van der Waals surface area contributed by atoms with Crippen molar-refractivity contribution < 1.29 is 4.79 Å². The Hall–Kier alpha value is -3.73. The van der Waals surface area contributed by atoms with Crippen LogP contribution in [0.15, 0.2) is 77.6 Å². The lowest BCUT2D eigenvalue weighted by Crippen LogP contribution is -2.22. The fourth-order valence-electron chi connectivity index (χ4n) is 3.57. The van der Waals surface area contributed by atoms with E-state index in [1.54, 1.807) is 22.8 Å². The van der Waals surface area contributed by atoms with E-state index >= 15 is 0 Å². The standard InChI is InChI=1S/C26H25N3O2/c1-17-27-23-8-6-5-7-22(23)25(31)29(17)21-15-13-20(14-16-21)28-24(30)18-9-11-19(12-10-18)26(2,3)4/h5-16H,1-4H3,(H,28,30). The third-order valence-corrected chi connectivity index (χ3v) is 5.34. The lowest BCUT2D eigenvalue weighted by molar-refractivity contribution is 0.102. The Morgan fingerprint density at radius 2 is 1.55 bits per heavy atom. The zero-order chi connectivity index (χ0) is 22.2. The molecule has 1 heterocycles. The van der Waals surface area contributed by atoms with Gasteiger partial charge in [-0.3, -0.25) is 14.2 Å². The van der Waals surface area contributed by atoms with Crippen molar-refractivity contribution in [2.24, 2.45) is 0 Å². The normalized spacial score (nSPS) is 11.5. The van der Waals surface area contributed by atoms with E-state index in [0.29, 0.717) is 33.7 Å². The number of aromatic nitrogens is 2. The van der Waals surface area contributed by atoms with Crippen molar-refractivity contribution in [3.05, 3.63) is 100 Å². The summed E-state index contributed by atoms with van der Waals surface area (Å²) in [5.41, 5.74) is 3.75. The van der Waals surface area contributed by atoms with Gasteiger partial charge in [0.25, 0.3) is 11.5 Å². The monoisotopic (exact) mass is 411 g/mol. The highest BCUT2D eigenvalue weighted by molar-refractivity contribution is 6.04. The molecule has 5 nitrogen and oxygen atoms in total. The maximum atomic E-state index is 12.9. The molecule has 0 radical (unpaired) electrons. The second-order valence-corrected chi connectivity index (χ2v) is 8.65. The van der Waals surface area contributed by atoms with E-state index < -0.39 is 0 Å². The molecular formula is C26H25N3O2. The molecule has 1 N–H and O–H groups in total. The van der Waals surface area contributed by atoms with Gasteiger partial charge in [0.15, 0.2) is 0 Å². The number of anilines is 1. The minimum Gasteiger partial charge on any atom is -0.322 e. The molecule has 31 heavy (non-hydrogen) atoms. The van der Waals surface area contributed by atoms with E-state index in [1.165, 1.54) is 5.56 Å². The van der Waals surface area contributed by atoms with Crippen molar-refractivity contribution in [1.82, 2.24) is 9.55 Å². The van der Waals surface area contributed by atoms with E-state index in [0.717, 1.165) is 0 Å². The Labute approximate surface area is 181 Å². The molecule has 0 fully saturated rings. The summed E-state index contributed by atoms with van der Waals surface area (Å²) in [6.07, 6.45) is 0. The van der Waals surface area contributed by atoms with Crippen LogP contribution in [0.1, 0.15) is 42.5 Å². The van der Waals surface area contributed by atoms with E-state index in [4.69, 9.17) is 0 Å². The molecule has 0 bridgehead atoms. The number of fused-ring (bicyclic) bond motifs is 1. The number of amides is 1. The van der Waals surface area contributed by atoms with Gasteiger partial charge in [-0.1, -0.05) is 45.0 Å². The molecule has 156 valence electrons. The van der Waals surface area contributed by atoms with Gasteiger partial charge in [-0.2, -0.15) is 0 Å². The largest absolute Gasteiger partial charge is 0.322 e. The topological polar surface area (TPSA) is 64.0 Å². The minimum atomic E-state index is -0.172. The van der Waals surface area contributed by atoms with Crippen molar-refractivity contribution in [1.29, 1.82) is 0 Å². The first-order chi connectivity index (χ1) is 14.7. The number of benzene rings is 3. The lowest BCUT2D eigenvalue weighted by Gasteiger charge is -2.19. The summed E-state index contributed by atoms with van der Waals surface area (Å²) in [6.45, 7) is 8.23. The van der Waals surface area contributed by atoms with Crippen molar-refractivity contribution in [2.75, 3.05) is 5.32 Å². The summed E-state index contributed by atoms with van der Waals surface area (Å²) in [6, 6.07) is 22.2. The number of rotatable bonds is 3. The molecule has 0 aliphatic heterocycles. The third kappa shape index (κ3) is 4.12. The van der Waals surface area contributed by atoms with Gasteiger partial charge in [-0.25, -0.2) is 4.98 Å². The Balaban J connectivity index is 1.57. The molecule has 0 aliphatic rings. The molecule has 0 saturated heterocycles. The van der Waals surface area contributed by atoms with Gasteiger partial charge in [-0.05, 0) is 66.4 Å². The number of hydrogen-bond donors (Lipinski definition) is 1. The molecule has 0 saturated carbocycles. The second kappa shape index (κ2) is 7.84. The number of nitrogens with zero attached hydrogens (tertiary/aromatic N) is 2. The summed E-state index contributed by atoms with van der Waals surface area (Å²) >= 11 is 0. The van der Waals surface area contributed by atoms with Crippen LogP contribution in [-0.2, 0) is 5.41 Å². The van der Waals surface area contributed by atoms with E-state index in [2.05, 4.69) is 31.1 Å². The fraction of sp³-hybridized carbons (Fsp3) is 0.192. The number of aryl methyl sites for hydroxylation is 1. The van der Waals surface area contributed by atoms with Crippen molar-refractivity contribution in [3.63, 3.8) is 0 Å². The van der Waals surface area contributed by atoms with Crippen LogP contribution in [0, 0.1) is 6.92 Å². The number of hydrogen-bond acceptors (Lipinski definition) is 3. The summed E-state index contributed by atoms with van der Waals surface area (Å²) in [5, 5.41) is 3.49.